The van der Waals surface area contributed by atoms with E-state index in [4.69, 9.17) is 0 Å². The van der Waals surface area contributed by atoms with Crippen LogP contribution in [0.4, 0.5) is 0 Å². The normalized spacial score (nSPS) is 14.1. The Labute approximate surface area is 110 Å². The number of hydrogen-bond acceptors (Lipinski definition) is 1. The number of aromatic nitrogens is 1. The number of rotatable bonds is 2. The molecule has 0 aliphatic carbocycles. The Balaban J connectivity index is 2.47. The molecule has 1 heterocycles. The maximum atomic E-state index is 11.6. The van der Waals surface area contributed by atoms with E-state index in [1.807, 2.05) is 48.5 Å². The van der Waals surface area contributed by atoms with Crippen LogP contribution in [0.1, 0.15) is 12.7 Å². The number of fused-ring (bicyclic) bond motifs is 3. The van der Waals surface area contributed by atoms with Crippen molar-refractivity contribution in [1.29, 1.82) is 0 Å². The number of hydrogen-bond donors (Lipinski definition) is 2. The van der Waals surface area contributed by atoms with Crippen molar-refractivity contribution >= 4 is 29.4 Å². The molecule has 3 rings (SSSR count). The second kappa shape index (κ2) is 4.20. The van der Waals surface area contributed by atoms with Crippen molar-refractivity contribution in [2.75, 3.05) is 0 Å². The molecule has 4 nitrogen and oxygen atoms in total. The summed E-state index contributed by atoms with van der Waals surface area (Å²) in [5.74, 6) is -0.878. The first-order chi connectivity index (χ1) is 9.00. The Morgan fingerprint density at radius 2 is 1.37 bits per heavy atom. The van der Waals surface area contributed by atoms with Crippen molar-refractivity contribution in [3.63, 3.8) is 0 Å². The highest BCUT2D eigenvalue weighted by Gasteiger charge is 2.28. The molecule has 1 unspecified atom stereocenters. The molecule has 0 saturated heterocycles. The third-order valence-corrected chi connectivity index (χ3v) is 4.68. The maximum absolute atomic E-state index is 11.6. The maximum Gasteiger partial charge on any atom is 0.347 e. The largest absolute Gasteiger partial charge is 0.347 e. The summed E-state index contributed by atoms with van der Waals surface area (Å²) in [5, 5.41) is 2.02. The Hall–Kier alpha value is -1.61. The van der Waals surface area contributed by atoms with Gasteiger partial charge in [0, 0.05) is 21.8 Å². The first kappa shape index (κ1) is 12.4. The van der Waals surface area contributed by atoms with Crippen LogP contribution in [0.25, 0.3) is 21.8 Å². The lowest BCUT2D eigenvalue weighted by molar-refractivity contribution is 0.349. The van der Waals surface area contributed by atoms with Gasteiger partial charge in [0.05, 0.1) is 0 Å². The number of para-hydroxylation sites is 2. The van der Waals surface area contributed by atoms with Crippen molar-refractivity contribution in [2.24, 2.45) is 0 Å². The molecule has 1 atom stereocenters. The predicted octanol–water partition coefficient (Wildman–Crippen LogP) is 3.49. The van der Waals surface area contributed by atoms with Crippen molar-refractivity contribution in [2.45, 2.75) is 12.7 Å². The lowest BCUT2D eigenvalue weighted by Gasteiger charge is -2.17. The van der Waals surface area contributed by atoms with Crippen LogP contribution in [0, 0.1) is 0 Å². The Morgan fingerprint density at radius 3 is 1.79 bits per heavy atom. The lowest BCUT2D eigenvalue weighted by Crippen LogP contribution is -2.05. The number of benzene rings is 2. The molecule has 98 valence electrons. The second-order valence-electron chi connectivity index (χ2n) is 4.63. The van der Waals surface area contributed by atoms with Crippen molar-refractivity contribution in [1.82, 2.24) is 4.57 Å². The van der Waals surface area contributed by atoms with Crippen LogP contribution in [-0.2, 0) is 4.57 Å². The predicted molar refractivity (Wildman–Crippen MR) is 76.2 cm³/mol. The summed E-state index contributed by atoms with van der Waals surface area (Å²) < 4.78 is 13.3. The van der Waals surface area contributed by atoms with Crippen LogP contribution in [-0.4, -0.2) is 14.4 Å². The third-order valence-electron chi connectivity index (χ3n) is 3.48. The zero-order valence-electron chi connectivity index (χ0n) is 10.4. The van der Waals surface area contributed by atoms with Crippen LogP contribution in [0.3, 0.4) is 0 Å². The van der Waals surface area contributed by atoms with E-state index in [9.17, 15) is 14.4 Å². The van der Waals surface area contributed by atoms with E-state index in [2.05, 4.69) is 0 Å². The van der Waals surface area contributed by atoms with E-state index in [-0.39, 0.29) is 0 Å². The van der Waals surface area contributed by atoms with Gasteiger partial charge in [-0.25, -0.2) is 0 Å². The first-order valence-electron chi connectivity index (χ1n) is 6.03. The number of nitrogens with zero attached hydrogens (tertiary/aromatic N) is 1. The Bertz CT molecular complexity index is 749. The van der Waals surface area contributed by atoms with Gasteiger partial charge in [0.25, 0.3) is 0 Å². The third kappa shape index (κ3) is 1.89. The highest BCUT2D eigenvalue weighted by atomic mass is 31.2. The summed E-state index contributed by atoms with van der Waals surface area (Å²) in [6.07, 6.45) is 0. The van der Waals surface area contributed by atoms with Gasteiger partial charge in [-0.1, -0.05) is 36.4 Å². The molecular weight excluding hydrogens is 261 g/mol. The van der Waals surface area contributed by atoms with E-state index in [1.165, 1.54) is 0 Å². The molecule has 0 aliphatic heterocycles. The molecule has 5 heteroatoms. The van der Waals surface area contributed by atoms with Gasteiger partial charge >= 0.3 is 7.60 Å². The van der Waals surface area contributed by atoms with E-state index in [0.29, 0.717) is 0 Å². The summed E-state index contributed by atoms with van der Waals surface area (Å²) in [6.45, 7) is 1.56. The Kier molecular flexibility index (Phi) is 2.75. The summed E-state index contributed by atoms with van der Waals surface area (Å²) >= 11 is 0. The summed E-state index contributed by atoms with van der Waals surface area (Å²) in [5.41, 5.74) is 1.69. The molecule has 1 aromatic heterocycles. The van der Waals surface area contributed by atoms with E-state index >= 15 is 0 Å². The summed E-state index contributed by atoms with van der Waals surface area (Å²) in [7, 11) is -4.19. The van der Waals surface area contributed by atoms with Crippen LogP contribution in [0.2, 0.25) is 0 Å². The van der Waals surface area contributed by atoms with Gasteiger partial charge in [-0.3, -0.25) is 4.57 Å². The fourth-order valence-electron chi connectivity index (χ4n) is 2.51. The van der Waals surface area contributed by atoms with Gasteiger partial charge in [0.1, 0.15) is 5.78 Å². The second-order valence-corrected chi connectivity index (χ2v) is 6.55. The molecule has 2 aromatic carbocycles. The van der Waals surface area contributed by atoms with Gasteiger partial charge in [-0.2, -0.15) is 0 Å². The van der Waals surface area contributed by atoms with E-state index in [1.54, 1.807) is 11.5 Å². The minimum atomic E-state index is -4.19. The molecule has 19 heavy (non-hydrogen) atoms. The fraction of sp³-hybridized carbons (Fsp3) is 0.143. The molecule has 2 N–H and O–H groups in total. The SMILES string of the molecule is CC(n1c2ccccc2c2ccccc21)P(=O)(O)O. The topological polar surface area (TPSA) is 62.5 Å². The van der Waals surface area contributed by atoms with Crippen LogP contribution >= 0.6 is 7.60 Å². The molecule has 0 amide bonds. The van der Waals surface area contributed by atoms with Crippen molar-refractivity contribution < 1.29 is 14.4 Å². The molecule has 3 aromatic rings. The zero-order valence-corrected chi connectivity index (χ0v) is 11.3. The molecule has 0 bridgehead atoms. The monoisotopic (exact) mass is 275 g/mol. The van der Waals surface area contributed by atoms with Gasteiger partial charge in [0.15, 0.2) is 0 Å². The zero-order chi connectivity index (χ0) is 13.6. The van der Waals surface area contributed by atoms with Crippen molar-refractivity contribution in [3.8, 4) is 0 Å². The first-order valence-corrected chi connectivity index (χ1v) is 7.71. The minimum absolute atomic E-state index is 0.847. The smallest absolute Gasteiger partial charge is 0.325 e. The van der Waals surface area contributed by atoms with Crippen LogP contribution in [0.5, 0.6) is 0 Å². The molecule has 0 fully saturated rings. The lowest BCUT2D eigenvalue weighted by atomic mass is 10.2. The van der Waals surface area contributed by atoms with Gasteiger partial charge < -0.3 is 14.4 Å². The average Bonchev–Trinajstić information content (AvgIpc) is 2.71. The molecule has 0 aliphatic rings. The highest BCUT2D eigenvalue weighted by Crippen LogP contribution is 2.51. The van der Waals surface area contributed by atoms with Gasteiger partial charge in [-0.05, 0) is 19.1 Å². The highest BCUT2D eigenvalue weighted by molar-refractivity contribution is 7.51. The van der Waals surface area contributed by atoms with Crippen molar-refractivity contribution in [3.05, 3.63) is 48.5 Å². The van der Waals surface area contributed by atoms with Crippen LogP contribution in [0.15, 0.2) is 48.5 Å². The van der Waals surface area contributed by atoms with E-state index in [0.717, 1.165) is 21.8 Å². The standard InChI is InChI=1S/C14H14NO3P/c1-10(19(16,17)18)15-13-8-4-2-6-11(13)12-7-3-5-9-14(12)15/h2-10H,1H3,(H2,16,17,18). The summed E-state index contributed by atoms with van der Waals surface area (Å²) in [6, 6.07) is 15.3. The molecule has 0 saturated carbocycles. The van der Waals surface area contributed by atoms with E-state index < -0.39 is 13.4 Å². The van der Waals surface area contributed by atoms with Crippen LogP contribution < -0.4 is 0 Å². The molecular formula is C14H14NO3P. The average molecular weight is 275 g/mol. The van der Waals surface area contributed by atoms with Gasteiger partial charge in [0.2, 0.25) is 0 Å². The molecule has 0 spiro atoms. The fourth-order valence-corrected chi connectivity index (χ4v) is 3.06. The Morgan fingerprint density at radius 1 is 0.947 bits per heavy atom. The minimum Gasteiger partial charge on any atom is -0.325 e. The van der Waals surface area contributed by atoms with Gasteiger partial charge in [-0.15, -0.1) is 0 Å². The quantitative estimate of drug-likeness (QED) is 0.704. The molecule has 0 radical (unpaired) electrons. The summed E-state index contributed by atoms with van der Waals surface area (Å²) in [4.78, 5) is 18.9.